The Morgan fingerprint density at radius 3 is 2.95 bits per heavy atom. The number of fused-ring (bicyclic) bond motifs is 1. The van der Waals surface area contributed by atoms with Crippen molar-refractivity contribution >= 4 is 11.2 Å². The van der Waals surface area contributed by atoms with Crippen molar-refractivity contribution in [2.24, 2.45) is 5.92 Å². The molecule has 0 aromatic carbocycles. The average Bonchev–Trinajstić information content (AvgIpc) is 3.00. The van der Waals surface area contributed by atoms with Gasteiger partial charge in [0.15, 0.2) is 5.65 Å². The first kappa shape index (κ1) is 14.0. The lowest BCUT2D eigenvalue weighted by Gasteiger charge is -2.25. The molecule has 0 unspecified atom stereocenters. The highest BCUT2D eigenvalue weighted by atomic mass is 19.1. The molecule has 1 aliphatic rings. The van der Waals surface area contributed by atoms with Crippen LogP contribution in [0, 0.1) is 31.3 Å². The summed E-state index contributed by atoms with van der Waals surface area (Å²) in [5.74, 6) is 2.99. The van der Waals surface area contributed by atoms with Crippen molar-refractivity contribution in [1.29, 1.82) is 0 Å². The number of ether oxygens (including phenoxy) is 1. The summed E-state index contributed by atoms with van der Waals surface area (Å²) in [6, 6.07) is 0. The Morgan fingerprint density at radius 1 is 1.57 bits per heavy atom. The van der Waals surface area contributed by atoms with Gasteiger partial charge in [0.1, 0.15) is 17.3 Å². The van der Waals surface area contributed by atoms with Crippen LogP contribution >= 0.6 is 0 Å². The van der Waals surface area contributed by atoms with E-state index in [2.05, 4.69) is 27.8 Å². The fourth-order valence-corrected chi connectivity index (χ4v) is 3.02. The van der Waals surface area contributed by atoms with Gasteiger partial charge in [-0.05, 0) is 19.8 Å². The predicted molar refractivity (Wildman–Crippen MR) is 75.8 cm³/mol. The normalized spacial score (nSPS) is 28.9. The van der Waals surface area contributed by atoms with Crippen LogP contribution in [-0.2, 0) is 4.74 Å². The summed E-state index contributed by atoms with van der Waals surface area (Å²) in [6.45, 7) is 5.79. The quantitative estimate of drug-likeness (QED) is 0.629. The van der Waals surface area contributed by atoms with Crippen molar-refractivity contribution < 1.29 is 9.13 Å². The van der Waals surface area contributed by atoms with E-state index in [0.29, 0.717) is 16.9 Å². The average molecular weight is 288 g/mol. The zero-order chi connectivity index (χ0) is 15.2. The lowest BCUT2D eigenvalue weighted by molar-refractivity contribution is -0.0465. The lowest BCUT2D eigenvalue weighted by atomic mass is 9.87. The molecule has 1 saturated heterocycles. The molecular formula is C15H17FN4O. The van der Waals surface area contributed by atoms with Crippen LogP contribution in [-0.4, -0.2) is 25.1 Å². The Balaban J connectivity index is 2.05. The van der Waals surface area contributed by atoms with Gasteiger partial charge in [0.25, 0.3) is 0 Å². The molecule has 0 N–H and O–H groups in total. The van der Waals surface area contributed by atoms with E-state index >= 15 is 0 Å². The van der Waals surface area contributed by atoms with E-state index in [-0.39, 0.29) is 12.1 Å². The second kappa shape index (κ2) is 4.78. The maximum absolute atomic E-state index is 13.5. The van der Waals surface area contributed by atoms with Crippen LogP contribution in [0.3, 0.4) is 0 Å². The van der Waals surface area contributed by atoms with E-state index < -0.39 is 11.7 Å². The van der Waals surface area contributed by atoms with Crippen molar-refractivity contribution in [3.8, 4) is 12.3 Å². The van der Waals surface area contributed by atoms with Gasteiger partial charge in [-0.3, -0.25) is 4.57 Å². The minimum atomic E-state index is -0.758. The van der Waals surface area contributed by atoms with E-state index in [1.807, 2.05) is 6.92 Å². The summed E-state index contributed by atoms with van der Waals surface area (Å²) in [5.41, 5.74) is 0.964. The zero-order valence-corrected chi connectivity index (χ0v) is 12.3. The van der Waals surface area contributed by atoms with Crippen LogP contribution in [0.4, 0.5) is 4.39 Å². The third-order valence-electron chi connectivity index (χ3n) is 4.35. The highest BCUT2D eigenvalue weighted by Gasteiger charge is 2.44. The number of hydrogen-bond donors (Lipinski definition) is 0. The van der Waals surface area contributed by atoms with E-state index in [1.165, 1.54) is 0 Å². The van der Waals surface area contributed by atoms with Crippen molar-refractivity contribution in [3.63, 3.8) is 0 Å². The Hall–Kier alpha value is -2.00. The van der Waals surface area contributed by atoms with Crippen LogP contribution in [0.2, 0.25) is 0 Å². The molecule has 110 valence electrons. The molecule has 0 saturated carbocycles. The first-order valence-electron chi connectivity index (χ1n) is 7.03. The molecule has 3 atom stereocenters. The second-order valence-corrected chi connectivity index (χ2v) is 5.50. The van der Waals surface area contributed by atoms with E-state index in [0.717, 1.165) is 12.8 Å². The highest BCUT2D eigenvalue weighted by Crippen LogP contribution is 2.43. The summed E-state index contributed by atoms with van der Waals surface area (Å²) in [5, 5.41) is 0. The maximum atomic E-state index is 13.5. The molecule has 1 aliphatic heterocycles. The minimum Gasteiger partial charge on any atom is -0.339 e. The van der Waals surface area contributed by atoms with Crippen LogP contribution in [0.25, 0.3) is 11.2 Å². The minimum absolute atomic E-state index is 0.211. The van der Waals surface area contributed by atoms with Gasteiger partial charge < -0.3 is 4.74 Å². The third kappa shape index (κ3) is 2.00. The number of aryl methyl sites for hydroxylation is 1. The van der Waals surface area contributed by atoms with Gasteiger partial charge >= 0.3 is 6.08 Å². The van der Waals surface area contributed by atoms with Crippen molar-refractivity contribution in [1.82, 2.24) is 19.5 Å². The molecule has 0 amide bonds. The van der Waals surface area contributed by atoms with Gasteiger partial charge in [-0.15, -0.1) is 6.42 Å². The summed E-state index contributed by atoms with van der Waals surface area (Å²) in [7, 11) is 0. The molecule has 0 bridgehead atoms. The standard InChI is InChI=1S/C15H17FN4O/c1-5-15(6-2)9(3)7-11(21-15)20-8-17-12-10(4)18-14(16)19-13(12)20/h1,8-9,11H,6-7H2,2-4H3/t9-,11+,15+/m0/s1. The SMILES string of the molecule is C#C[C@]1(CC)O[C@@H](n2cnc3c(C)nc(F)nc32)C[C@@H]1C. The fourth-order valence-electron chi connectivity index (χ4n) is 3.02. The van der Waals surface area contributed by atoms with Crippen molar-refractivity contribution in [2.75, 3.05) is 0 Å². The fraction of sp³-hybridized carbons (Fsp3) is 0.533. The van der Waals surface area contributed by atoms with Crippen molar-refractivity contribution in [2.45, 2.75) is 45.4 Å². The van der Waals surface area contributed by atoms with E-state index in [1.54, 1.807) is 17.8 Å². The van der Waals surface area contributed by atoms with E-state index in [9.17, 15) is 4.39 Å². The Morgan fingerprint density at radius 2 is 2.33 bits per heavy atom. The molecule has 6 heteroatoms. The first-order chi connectivity index (χ1) is 10.0. The number of aromatic nitrogens is 4. The van der Waals surface area contributed by atoms with E-state index in [4.69, 9.17) is 11.2 Å². The lowest BCUT2D eigenvalue weighted by Crippen LogP contribution is -2.31. The zero-order valence-electron chi connectivity index (χ0n) is 12.3. The molecule has 0 spiro atoms. The Labute approximate surface area is 122 Å². The van der Waals surface area contributed by atoms with Gasteiger partial charge in [0, 0.05) is 5.92 Å². The topological polar surface area (TPSA) is 52.8 Å². The predicted octanol–water partition coefficient (Wildman–Crippen LogP) is 2.61. The molecular weight excluding hydrogens is 271 g/mol. The number of nitrogens with zero attached hydrogens (tertiary/aromatic N) is 4. The summed E-state index contributed by atoms with van der Waals surface area (Å²) >= 11 is 0. The molecule has 21 heavy (non-hydrogen) atoms. The summed E-state index contributed by atoms with van der Waals surface area (Å²) in [4.78, 5) is 11.8. The molecule has 0 radical (unpaired) electrons. The van der Waals surface area contributed by atoms with Gasteiger partial charge in [0.2, 0.25) is 0 Å². The van der Waals surface area contributed by atoms with Gasteiger partial charge in [0.05, 0.1) is 12.0 Å². The number of terminal acetylenes is 1. The van der Waals surface area contributed by atoms with Gasteiger partial charge in [-0.1, -0.05) is 19.8 Å². The van der Waals surface area contributed by atoms with Crippen LogP contribution in [0.5, 0.6) is 0 Å². The first-order valence-corrected chi connectivity index (χ1v) is 7.03. The number of hydrogen-bond acceptors (Lipinski definition) is 4. The molecule has 5 nitrogen and oxygen atoms in total. The van der Waals surface area contributed by atoms with Crippen molar-refractivity contribution in [3.05, 3.63) is 18.1 Å². The third-order valence-corrected chi connectivity index (χ3v) is 4.35. The molecule has 1 fully saturated rings. The Bertz CT molecular complexity index is 735. The summed E-state index contributed by atoms with van der Waals surface area (Å²) in [6.07, 6.45) is 7.71. The van der Waals surface area contributed by atoms with Crippen LogP contribution < -0.4 is 0 Å². The number of halogens is 1. The molecule has 0 aliphatic carbocycles. The summed E-state index contributed by atoms with van der Waals surface area (Å²) < 4.78 is 21.3. The molecule has 2 aromatic heterocycles. The highest BCUT2D eigenvalue weighted by molar-refractivity contribution is 5.72. The van der Waals surface area contributed by atoms with Crippen LogP contribution in [0.1, 0.15) is 38.6 Å². The molecule has 2 aromatic rings. The smallest absolute Gasteiger partial charge is 0.310 e. The largest absolute Gasteiger partial charge is 0.339 e. The second-order valence-electron chi connectivity index (χ2n) is 5.50. The number of rotatable bonds is 2. The maximum Gasteiger partial charge on any atom is 0.310 e. The number of imidazole rings is 1. The van der Waals surface area contributed by atoms with Crippen LogP contribution in [0.15, 0.2) is 6.33 Å². The Kier molecular flexibility index (Phi) is 3.18. The molecule has 3 heterocycles. The van der Waals surface area contributed by atoms with Gasteiger partial charge in [-0.2, -0.15) is 9.37 Å². The van der Waals surface area contributed by atoms with Gasteiger partial charge in [-0.25, -0.2) is 9.97 Å². The molecule has 3 rings (SSSR count). The monoisotopic (exact) mass is 288 g/mol.